The van der Waals surface area contributed by atoms with Crippen LogP contribution in [0.4, 0.5) is 5.69 Å². The molecule has 0 spiro atoms. The number of carboxylic acids is 1. The molecule has 0 aromatic heterocycles. The summed E-state index contributed by atoms with van der Waals surface area (Å²) in [5.41, 5.74) is 6.06. The number of nitrogens with zero attached hydrogens (tertiary/aromatic N) is 2. The highest BCUT2D eigenvalue weighted by Gasteiger charge is 2.12. The molecule has 0 saturated carbocycles. The lowest BCUT2D eigenvalue weighted by molar-refractivity contribution is -0.142. The van der Waals surface area contributed by atoms with Crippen LogP contribution in [0.1, 0.15) is 45.1 Å². The molecular formula is C20H22N2O4. The number of carbonyl (C=O) groups excluding carboxylic acids is 1. The van der Waals surface area contributed by atoms with Crippen LogP contribution in [0.25, 0.3) is 0 Å². The first-order valence-electron chi connectivity index (χ1n) is 8.22. The van der Waals surface area contributed by atoms with E-state index in [0.717, 1.165) is 27.8 Å². The zero-order chi connectivity index (χ0) is 19.3. The molecule has 0 fully saturated rings. The van der Waals surface area contributed by atoms with E-state index in [1.165, 1.54) is 19.1 Å². The van der Waals surface area contributed by atoms with Crippen LogP contribution in [0, 0.1) is 20.8 Å². The molecule has 0 amide bonds. The van der Waals surface area contributed by atoms with Gasteiger partial charge in [-0.05, 0) is 72.9 Å². The molecule has 2 rings (SSSR count). The molecule has 0 aliphatic heterocycles. The Balaban J connectivity index is 2.19. The Hall–Kier alpha value is -3.02. The van der Waals surface area contributed by atoms with Gasteiger partial charge in [0.15, 0.2) is 0 Å². The number of hydrogen-bond acceptors (Lipinski definition) is 5. The highest BCUT2D eigenvalue weighted by atomic mass is 16.5. The van der Waals surface area contributed by atoms with Crippen molar-refractivity contribution in [2.45, 2.75) is 40.8 Å². The number of benzene rings is 2. The Morgan fingerprint density at radius 2 is 1.65 bits per heavy atom. The second kappa shape index (κ2) is 8.38. The van der Waals surface area contributed by atoms with Gasteiger partial charge >= 0.3 is 11.9 Å². The first kappa shape index (κ1) is 19.3. The summed E-state index contributed by atoms with van der Waals surface area (Å²) in [5.74, 6) is -1.28. The van der Waals surface area contributed by atoms with Gasteiger partial charge in [-0.25, -0.2) is 4.79 Å². The minimum absolute atomic E-state index is 0.212. The monoisotopic (exact) mass is 354 g/mol. The average Bonchev–Trinajstić information content (AvgIpc) is 2.57. The molecule has 136 valence electrons. The zero-order valence-corrected chi connectivity index (χ0v) is 15.4. The second-order valence-corrected chi connectivity index (χ2v) is 6.12. The smallest absolute Gasteiger partial charge is 0.335 e. The van der Waals surface area contributed by atoms with Crippen molar-refractivity contribution < 1.29 is 19.4 Å². The molecular weight excluding hydrogens is 332 g/mol. The molecule has 0 unspecified atom stereocenters. The summed E-state index contributed by atoms with van der Waals surface area (Å²) in [7, 11) is 0. The van der Waals surface area contributed by atoms with E-state index in [0.29, 0.717) is 12.2 Å². The van der Waals surface area contributed by atoms with Crippen LogP contribution in [0.15, 0.2) is 40.6 Å². The Kier molecular flexibility index (Phi) is 6.22. The van der Waals surface area contributed by atoms with Crippen LogP contribution in [0.5, 0.6) is 0 Å². The molecule has 0 heterocycles. The Morgan fingerprint density at radius 3 is 2.23 bits per heavy atom. The number of carboxylic acid groups (broad SMARTS) is 1. The fraction of sp³-hybridized carbons (Fsp3) is 0.300. The Bertz CT molecular complexity index is 855. The number of ether oxygens (including phenoxy) is 1. The lowest BCUT2D eigenvalue weighted by Crippen LogP contribution is -2.06. The van der Waals surface area contributed by atoms with Crippen molar-refractivity contribution in [2.24, 2.45) is 10.2 Å². The molecule has 0 saturated heterocycles. The summed E-state index contributed by atoms with van der Waals surface area (Å²) < 4.78 is 5.15. The van der Waals surface area contributed by atoms with Crippen molar-refractivity contribution in [1.29, 1.82) is 0 Å². The third kappa shape index (κ3) is 4.75. The number of azo groups is 1. The van der Waals surface area contributed by atoms with Crippen molar-refractivity contribution in [2.75, 3.05) is 0 Å². The molecule has 6 nitrogen and oxygen atoms in total. The molecule has 0 bridgehead atoms. The van der Waals surface area contributed by atoms with Crippen molar-refractivity contribution in [3.8, 4) is 0 Å². The van der Waals surface area contributed by atoms with E-state index < -0.39 is 5.97 Å². The third-order valence-corrected chi connectivity index (χ3v) is 4.24. The van der Waals surface area contributed by atoms with Crippen LogP contribution >= 0.6 is 0 Å². The second-order valence-electron chi connectivity index (χ2n) is 6.12. The van der Waals surface area contributed by atoms with Gasteiger partial charge in [-0.3, -0.25) is 4.79 Å². The maximum absolute atomic E-state index is 11.1. The number of hydrogen-bond donors (Lipinski definition) is 1. The molecule has 0 aliphatic rings. The van der Waals surface area contributed by atoms with E-state index in [4.69, 9.17) is 9.84 Å². The molecule has 2 aromatic rings. The van der Waals surface area contributed by atoms with Crippen LogP contribution < -0.4 is 0 Å². The summed E-state index contributed by atoms with van der Waals surface area (Å²) in [6.07, 6.45) is 0. The van der Waals surface area contributed by atoms with Gasteiger partial charge < -0.3 is 9.84 Å². The minimum atomic E-state index is -0.972. The summed E-state index contributed by atoms with van der Waals surface area (Å²) in [5, 5.41) is 17.3. The summed E-state index contributed by atoms with van der Waals surface area (Å²) >= 11 is 0. The molecule has 26 heavy (non-hydrogen) atoms. The largest absolute Gasteiger partial charge is 0.478 e. The van der Waals surface area contributed by atoms with E-state index >= 15 is 0 Å². The van der Waals surface area contributed by atoms with E-state index in [-0.39, 0.29) is 18.1 Å². The van der Waals surface area contributed by atoms with E-state index in [9.17, 15) is 9.59 Å². The molecule has 2 aromatic carbocycles. The van der Waals surface area contributed by atoms with Gasteiger partial charge in [0.25, 0.3) is 0 Å². The van der Waals surface area contributed by atoms with Crippen LogP contribution in [0.3, 0.4) is 0 Å². The quantitative estimate of drug-likeness (QED) is 0.604. The summed E-state index contributed by atoms with van der Waals surface area (Å²) in [6, 6.07) is 8.28. The Morgan fingerprint density at radius 1 is 1.04 bits per heavy atom. The van der Waals surface area contributed by atoms with Crippen molar-refractivity contribution in [3.63, 3.8) is 0 Å². The predicted octanol–water partition coefficient (Wildman–Crippen LogP) is 4.66. The standard InChI is InChI=1S/C20H22N2O4/c1-12-9-13(2)19(11-26-15(4)23)14(3)18(12)10-21-22-17-7-5-16(6-8-17)20(24)25/h5-9H,10-11H2,1-4H3,(H,24,25). The molecule has 6 heteroatoms. The normalized spacial score (nSPS) is 10.9. The fourth-order valence-corrected chi connectivity index (χ4v) is 2.77. The number of esters is 1. The summed E-state index contributed by atoms with van der Waals surface area (Å²) in [4.78, 5) is 21.9. The van der Waals surface area contributed by atoms with Crippen molar-refractivity contribution in [1.82, 2.24) is 0 Å². The highest BCUT2D eigenvalue weighted by molar-refractivity contribution is 5.87. The van der Waals surface area contributed by atoms with Gasteiger partial charge in [0, 0.05) is 6.92 Å². The van der Waals surface area contributed by atoms with Gasteiger partial charge in [-0.2, -0.15) is 10.2 Å². The van der Waals surface area contributed by atoms with E-state index in [2.05, 4.69) is 16.3 Å². The first-order chi connectivity index (χ1) is 12.3. The maximum atomic E-state index is 11.1. The first-order valence-corrected chi connectivity index (χ1v) is 8.22. The van der Waals surface area contributed by atoms with Gasteiger partial charge in [-0.1, -0.05) is 6.07 Å². The topological polar surface area (TPSA) is 88.3 Å². The van der Waals surface area contributed by atoms with Crippen LogP contribution in [-0.4, -0.2) is 17.0 Å². The molecule has 0 atom stereocenters. The maximum Gasteiger partial charge on any atom is 0.335 e. The van der Waals surface area contributed by atoms with Gasteiger partial charge in [-0.15, -0.1) is 0 Å². The lowest BCUT2D eigenvalue weighted by atomic mass is 9.94. The number of rotatable bonds is 6. The van der Waals surface area contributed by atoms with E-state index in [1.54, 1.807) is 12.1 Å². The summed E-state index contributed by atoms with van der Waals surface area (Å²) in [6.45, 7) is 8.03. The molecule has 1 N–H and O–H groups in total. The van der Waals surface area contributed by atoms with Gasteiger partial charge in [0.1, 0.15) is 6.61 Å². The average molecular weight is 354 g/mol. The van der Waals surface area contributed by atoms with Crippen LogP contribution in [0.2, 0.25) is 0 Å². The molecule has 0 radical (unpaired) electrons. The minimum Gasteiger partial charge on any atom is -0.478 e. The molecule has 0 aliphatic carbocycles. The Labute approximate surface area is 152 Å². The zero-order valence-electron chi connectivity index (χ0n) is 15.4. The van der Waals surface area contributed by atoms with Crippen molar-refractivity contribution in [3.05, 3.63) is 63.7 Å². The number of aryl methyl sites for hydroxylation is 2. The van der Waals surface area contributed by atoms with Crippen molar-refractivity contribution >= 4 is 17.6 Å². The number of aromatic carboxylic acids is 1. The third-order valence-electron chi connectivity index (χ3n) is 4.24. The van der Waals surface area contributed by atoms with Crippen LogP contribution in [-0.2, 0) is 22.7 Å². The predicted molar refractivity (Wildman–Crippen MR) is 97.7 cm³/mol. The lowest BCUT2D eigenvalue weighted by Gasteiger charge is -2.16. The van der Waals surface area contributed by atoms with E-state index in [1.807, 2.05) is 20.8 Å². The van der Waals surface area contributed by atoms with Gasteiger partial charge in [0.2, 0.25) is 0 Å². The van der Waals surface area contributed by atoms with Gasteiger partial charge in [0.05, 0.1) is 17.8 Å². The SMILES string of the molecule is CC(=O)OCc1c(C)cc(C)c(CN=Nc2ccc(C(=O)O)cc2)c1C. The number of carbonyl (C=O) groups is 2. The highest BCUT2D eigenvalue weighted by Crippen LogP contribution is 2.24. The fourth-order valence-electron chi connectivity index (χ4n) is 2.77.